The third kappa shape index (κ3) is 2.46. The Balaban J connectivity index is 2.13. The maximum absolute atomic E-state index is 15.9. The molecule has 2 amide bonds. The number of hydrogen-bond acceptors (Lipinski definition) is 3. The molecule has 1 atom stereocenters. The molecular weight excluding hydrogens is 309 g/mol. The van der Waals surface area contributed by atoms with Gasteiger partial charge in [0.25, 0.3) is 5.91 Å². The van der Waals surface area contributed by atoms with Crippen LogP contribution in [-0.4, -0.2) is 17.6 Å². The fourth-order valence-corrected chi connectivity index (χ4v) is 2.77. The maximum Gasteiger partial charge on any atom is 0.421 e. The number of ether oxygens (including phenoxy) is 1. The molecular formula is C19H18FNO3. The quantitative estimate of drug-likeness (QED) is 0.789. The molecule has 2 aromatic rings. The van der Waals surface area contributed by atoms with Gasteiger partial charge in [-0.1, -0.05) is 48.5 Å². The van der Waals surface area contributed by atoms with Gasteiger partial charge in [0.1, 0.15) is 5.60 Å². The van der Waals surface area contributed by atoms with Crippen LogP contribution in [-0.2, 0) is 15.2 Å². The van der Waals surface area contributed by atoms with Gasteiger partial charge < -0.3 is 4.74 Å². The minimum atomic E-state index is -2.41. The summed E-state index contributed by atoms with van der Waals surface area (Å²) < 4.78 is 21.2. The van der Waals surface area contributed by atoms with Gasteiger partial charge in [-0.15, -0.1) is 0 Å². The normalized spacial score (nSPS) is 20.0. The third-order valence-corrected chi connectivity index (χ3v) is 3.76. The second kappa shape index (κ2) is 5.44. The highest BCUT2D eigenvalue weighted by Gasteiger charge is 2.55. The molecule has 0 saturated heterocycles. The molecule has 0 radical (unpaired) electrons. The van der Waals surface area contributed by atoms with Crippen LogP contribution in [0.2, 0.25) is 0 Å². The predicted octanol–water partition coefficient (Wildman–Crippen LogP) is 4.18. The Morgan fingerprint density at radius 3 is 2.25 bits per heavy atom. The monoisotopic (exact) mass is 327 g/mol. The van der Waals surface area contributed by atoms with Crippen molar-refractivity contribution in [3.63, 3.8) is 0 Å². The second-order valence-corrected chi connectivity index (χ2v) is 6.66. The van der Waals surface area contributed by atoms with Crippen LogP contribution in [0.15, 0.2) is 54.6 Å². The van der Waals surface area contributed by atoms with Gasteiger partial charge >= 0.3 is 6.09 Å². The molecule has 0 N–H and O–H groups in total. The first-order valence-electron chi connectivity index (χ1n) is 7.66. The zero-order chi connectivity index (χ0) is 17.5. The topological polar surface area (TPSA) is 46.6 Å². The fourth-order valence-electron chi connectivity index (χ4n) is 2.77. The van der Waals surface area contributed by atoms with Crippen molar-refractivity contribution in [2.75, 3.05) is 4.90 Å². The lowest BCUT2D eigenvalue weighted by atomic mass is 9.89. The Bertz CT molecular complexity index is 798. The molecule has 1 aliphatic rings. The van der Waals surface area contributed by atoms with Gasteiger partial charge in [0.15, 0.2) is 0 Å². The van der Waals surface area contributed by atoms with Gasteiger partial charge in [0.2, 0.25) is 5.67 Å². The van der Waals surface area contributed by atoms with E-state index in [2.05, 4.69) is 0 Å². The highest BCUT2D eigenvalue weighted by Crippen LogP contribution is 2.47. The van der Waals surface area contributed by atoms with Crippen molar-refractivity contribution in [2.24, 2.45) is 0 Å². The number of benzene rings is 2. The zero-order valence-corrected chi connectivity index (χ0v) is 13.7. The van der Waals surface area contributed by atoms with Crippen LogP contribution >= 0.6 is 0 Å². The number of amides is 2. The molecule has 24 heavy (non-hydrogen) atoms. The molecule has 2 aromatic carbocycles. The van der Waals surface area contributed by atoms with Crippen LogP contribution in [0.25, 0.3) is 0 Å². The van der Waals surface area contributed by atoms with Gasteiger partial charge in [-0.3, -0.25) is 4.79 Å². The van der Waals surface area contributed by atoms with Crippen molar-refractivity contribution in [3.05, 3.63) is 65.7 Å². The first-order valence-corrected chi connectivity index (χ1v) is 7.66. The van der Waals surface area contributed by atoms with Crippen LogP contribution in [0.5, 0.6) is 0 Å². The van der Waals surface area contributed by atoms with Crippen molar-refractivity contribution in [1.82, 2.24) is 0 Å². The number of anilines is 1. The highest BCUT2D eigenvalue weighted by molar-refractivity contribution is 6.21. The number of carbonyl (C=O) groups is 2. The molecule has 0 bridgehead atoms. The van der Waals surface area contributed by atoms with Crippen molar-refractivity contribution < 1.29 is 18.7 Å². The minimum Gasteiger partial charge on any atom is -0.443 e. The Labute approximate surface area is 139 Å². The molecule has 0 spiro atoms. The molecule has 1 aliphatic heterocycles. The number of nitrogens with zero attached hydrogens (tertiary/aromatic N) is 1. The van der Waals surface area contributed by atoms with Crippen LogP contribution in [0.4, 0.5) is 14.9 Å². The summed E-state index contributed by atoms with van der Waals surface area (Å²) in [6.07, 6.45) is -0.879. The van der Waals surface area contributed by atoms with E-state index in [1.54, 1.807) is 57.2 Å². The zero-order valence-electron chi connectivity index (χ0n) is 13.7. The van der Waals surface area contributed by atoms with E-state index in [0.717, 1.165) is 4.90 Å². The van der Waals surface area contributed by atoms with Crippen LogP contribution in [0.1, 0.15) is 31.9 Å². The van der Waals surface area contributed by atoms with Gasteiger partial charge in [-0.25, -0.2) is 14.1 Å². The second-order valence-electron chi connectivity index (χ2n) is 6.66. The Kier molecular flexibility index (Phi) is 3.67. The SMILES string of the molecule is CC(C)(C)OC(=O)N1C(=O)[C@@](F)(c2ccccc2)c2ccccc21. The van der Waals surface area contributed by atoms with Crippen LogP contribution in [0, 0.1) is 0 Å². The van der Waals surface area contributed by atoms with Crippen LogP contribution in [0.3, 0.4) is 0 Å². The highest BCUT2D eigenvalue weighted by atomic mass is 19.1. The van der Waals surface area contributed by atoms with E-state index in [1.807, 2.05) is 0 Å². The molecule has 0 saturated carbocycles. The van der Waals surface area contributed by atoms with E-state index in [0.29, 0.717) is 0 Å². The van der Waals surface area contributed by atoms with Gasteiger partial charge in [0, 0.05) is 11.1 Å². The van der Waals surface area contributed by atoms with E-state index in [9.17, 15) is 9.59 Å². The van der Waals surface area contributed by atoms with Crippen molar-refractivity contribution in [2.45, 2.75) is 32.0 Å². The third-order valence-electron chi connectivity index (χ3n) is 3.76. The molecule has 4 nitrogen and oxygen atoms in total. The molecule has 0 unspecified atom stereocenters. The summed E-state index contributed by atoms with van der Waals surface area (Å²) in [6.45, 7) is 5.08. The largest absolute Gasteiger partial charge is 0.443 e. The van der Waals surface area contributed by atoms with Gasteiger partial charge in [-0.05, 0) is 26.8 Å². The summed E-state index contributed by atoms with van der Waals surface area (Å²) in [5.74, 6) is -0.954. The lowest BCUT2D eigenvalue weighted by Crippen LogP contribution is -2.44. The standard InChI is InChI=1S/C19H18FNO3/c1-18(2,3)24-17(23)21-15-12-8-7-11-14(15)19(20,16(21)22)13-9-5-4-6-10-13/h4-12H,1-3H3/t19-/m1/s1. The number of carbonyl (C=O) groups excluding carboxylic acids is 2. The lowest BCUT2D eigenvalue weighted by Gasteiger charge is -2.24. The summed E-state index contributed by atoms with van der Waals surface area (Å²) >= 11 is 0. The lowest BCUT2D eigenvalue weighted by molar-refractivity contribution is -0.126. The molecule has 0 aliphatic carbocycles. The summed E-state index contributed by atoms with van der Waals surface area (Å²) in [4.78, 5) is 26.1. The van der Waals surface area contributed by atoms with E-state index in [4.69, 9.17) is 4.74 Å². The van der Waals surface area contributed by atoms with E-state index in [-0.39, 0.29) is 16.8 Å². The van der Waals surface area contributed by atoms with Crippen LogP contribution < -0.4 is 4.90 Å². The number of halogens is 1. The van der Waals surface area contributed by atoms with Crippen molar-refractivity contribution in [3.8, 4) is 0 Å². The average molecular weight is 327 g/mol. The summed E-state index contributed by atoms with van der Waals surface area (Å²) in [5, 5.41) is 0. The van der Waals surface area contributed by atoms with Gasteiger partial charge in [0.05, 0.1) is 5.69 Å². The smallest absolute Gasteiger partial charge is 0.421 e. The number of hydrogen-bond donors (Lipinski definition) is 0. The number of alkyl halides is 1. The summed E-state index contributed by atoms with van der Waals surface area (Å²) in [6, 6.07) is 14.5. The van der Waals surface area contributed by atoms with Gasteiger partial charge in [-0.2, -0.15) is 0 Å². The Morgan fingerprint density at radius 1 is 1.04 bits per heavy atom. The van der Waals surface area contributed by atoms with E-state index in [1.165, 1.54) is 18.2 Å². The Hall–Kier alpha value is -2.69. The molecule has 0 aromatic heterocycles. The first kappa shape index (κ1) is 16.2. The fraction of sp³-hybridized carbons (Fsp3) is 0.263. The molecule has 0 fully saturated rings. The Morgan fingerprint density at radius 2 is 1.62 bits per heavy atom. The van der Waals surface area contributed by atoms with E-state index < -0.39 is 23.3 Å². The predicted molar refractivity (Wildman–Crippen MR) is 88.5 cm³/mol. The number of para-hydroxylation sites is 1. The molecule has 1 heterocycles. The molecule has 5 heteroatoms. The molecule has 124 valence electrons. The number of fused-ring (bicyclic) bond motifs is 1. The maximum atomic E-state index is 15.9. The first-order chi connectivity index (χ1) is 11.2. The van der Waals surface area contributed by atoms with Crippen molar-refractivity contribution >= 4 is 17.7 Å². The summed E-state index contributed by atoms with van der Waals surface area (Å²) in [7, 11) is 0. The number of rotatable bonds is 1. The van der Waals surface area contributed by atoms with Crippen molar-refractivity contribution in [1.29, 1.82) is 0 Å². The molecule has 3 rings (SSSR count). The van der Waals surface area contributed by atoms with E-state index >= 15 is 4.39 Å². The number of imide groups is 1. The minimum absolute atomic E-state index is 0.145. The summed E-state index contributed by atoms with van der Waals surface area (Å²) in [5.41, 5.74) is -2.65. The average Bonchev–Trinajstić information content (AvgIpc) is 2.76.